The zero-order valence-electron chi connectivity index (χ0n) is 31.7. The van der Waals surface area contributed by atoms with E-state index in [-0.39, 0.29) is 12.5 Å². The molecule has 0 fully saturated rings. The lowest BCUT2D eigenvalue weighted by atomic mass is 10.0. The molecular formula is C39H75N2O6P. The van der Waals surface area contributed by atoms with Crippen molar-refractivity contribution in [2.24, 2.45) is 0 Å². The number of rotatable bonds is 34. The third-order valence-corrected chi connectivity index (χ3v) is 9.31. The van der Waals surface area contributed by atoms with E-state index < -0.39 is 26.6 Å². The van der Waals surface area contributed by atoms with Crippen LogP contribution in [0.25, 0.3) is 0 Å². The van der Waals surface area contributed by atoms with Gasteiger partial charge in [-0.25, -0.2) is 0 Å². The number of carbonyl (C=O) groups excluding carboxylic acids is 1. The van der Waals surface area contributed by atoms with E-state index in [9.17, 15) is 19.4 Å². The molecule has 0 saturated heterocycles. The number of phosphoric acid groups is 1. The van der Waals surface area contributed by atoms with Crippen LogP contribution in [0.5, 0.6) is 0 Å². The number of carbonyl (C=O) groups is 1. The third kappa shape index (κ3) is 33.2. The summed E-state index contributed by atoms with van der Waals surface area (Å²) in [6.07, 6.45) is 36.3. The molecule has 282 valence electrons. The minimum absolute atomic E-state index is 0.00851. The zero-order valence-corrected chi connectivity index (χ0v) is 32.6. The molecule has 0 radical (unpaired) electrons. The van der Waals surface area contributed by atoms with Gasteiger partial charge in [-0.3, -0.25) is 9.36 Å². The van der Waals surface area contributed by atoms with E-state index >= 15 is 0 Å². The van der Waals surface area contributed by atoms with E-state index in [0.29, 0.717) is 17.4 Å². The number of nitrogens with zero attached hydrogens (tertiary/aromatic N) is 1. The lowest BCUT2D eigenvalue weighted by Crippen LogP contribution is -2.45. The fourth-order valence-corrected chi connectivity index (χ4v) is 5.97. The lowest BCUT2D eigenvalue weighted by molar-refractivity contribution is -0.870. The van der Waals surface area contributed by atoms with Gasteiger partial charge < -0.3 is 28.8 Å². The highest BCUT2D eigenvalue weighted by molar-refractivity contribution is 7.45. The van der Waals surface area contributed by atoms with Crippen molar-refractivity contribution in [2.75, 3.05) is 40.9 Å². The van der Waals surface area contributed by atoms with Crippen molar-refractivity contribution in [1.29, 1.82) is 0 Å². The molecule has 1 amide bonds. The highest BCUT2D eigenvalue weighted by Crippen LogP contribution is 2.38. The molecule has 0 aliphatic rings. The molecule has 0 bridgehead atoms. The maximum Gasteiger partial charge on any atom is 0.268 e. The summed E-state index contributed by atoms with van der Waals surface area (Å²) in [4.78, 5) is 25.1. The molecule has 2 N–H and O–H groups in total. The maximum atomic E-state index is 12.8. The van der Waals surface area contributed by atoms with Crippen molar-refractivity contribution >= 4 is 13.7 Å². The molecule has 3 unspecified atom stereocenters. The molecule has 0 aromatic carbocycles. The highest BCUT2D eigenvalue weighted by atomic mass is 31.2. The second-order valence-electron chi connectivity index (χ2n) is 14.2. The summed E-state index contributed by atoms with van der Waals surface area (Å²) >= 11 is 0. The van der Waals surface area contributed by atoms with E-state index in [2.05, 4.69) is 43.5 Å². The van der Waals surface area contributed by atoms with Crippen LogP contribution in [0, 0.1) is 0 Å². The molecule has 9 heteroatoms. The number of amides is 1. The normalized spacial score (nSPS) is 15.1. The molecule has 0 aliphatic carbocycles. The molecule has 48 heavy (non-hydrogen) atoms. The number of unbranched alkanes of at least 4 members (excludes halogenated alkanes) is 17. The highest BCUT2D eigenvalue weighted by Gasteiger charge is 2.23. The Morgan fingerprint density at radius 1 is 0.729 bits per heavy atom. The molecule has 0 rings (SSSR count). The third-order valence-electron chi connectivity index (χ3n) is 8.34. The Morgan fingerprint density at radius 2 is 1.19 bits per heavy atom. The number of nitrogens with one attached hydrogen (secondary N) is 1. The first-order chi connectivity index (χ1) is 23.0. The van der Waals surface area contributed by atoms with Gasteiger partial charge in [-0.05, 0) is 38.5 Å². The molecule has 8 nitrogen and oxygen atoms in total. The second-order valence-corrected chi connectivity index (χ2v) is 15.7. The van der Waals surface area contributed by atoms with Gasteiger partial charge in [0.1, 0.15) is 13.2 Å². The summed E-state index contributed by atoms with van der Waals surface area (Å²) in [5.74, 6) is -0.215. The summed E-state index contributed by atoms with van der Waals surface area (Å²) in [6, 6.07) is -0.903. The molecule has 0 aliphatic heterocycles. The quantitative estimate of drug-likeness (QED) is 0.0300. The first-order valence-corrected chi connectivity index (χ1v) is 20.8. The van der Waals surface area contributed by atoms with Gasteiger partial charge in [-0.1, -0.05) is 147 Å². The summed E-state index contributed by atoms with van der Waals surface area (Å²) in [5, 5.41) is 13.6. The number of aliphatic hydroxyl groups is 1. The average Bonchev–Trinajstić information content (AvgIpc) is 3.02. The maximum absolute atomic E-state index is 12.8. The molecule has 0 saturated carbocycles. The van der Waals surface area contributed by atoms with Crippen LogP contribution in [0.15, 0.2) is 36.5 Å². The van der Waals surface area contributed by atoms with Gasteiger partial charge in [0.05, 0.1) is 39.9 Å². The first-order valence-electron chi connectivity index (χ1n) is 19.4. The summed E-state index contributed by atoms with van der Waals surface area (Å²) in [6.45, 7) is 4.47. The monoisotopic (exact) mass is 699 g/mol. The molecule has 0 spiro atoms. The molecule has 3 atom stereocenters. The van der Waals surface area contributed by atoms with Gasteiger partial charge in [0.15, 0.2) is 0 Å². The van der Waals surface area contributed by atoms with Crippen molar-refractivity contribution in [3.05, 3.63) is 36.5 Å². The van der Waals surface area contributed by atoms with Gasteiger partial charge in [-0.2, -0.15) is 0 Å². The number of phosphoric ester groups is 1. The Morgan fingerprint density at radius 3 is 1.67 bits per heavy atom. The van der Waals surface area contributed by atoms with E-state index in [0.717, 1.165) is 51.4 Å². The number of hydrogen-bond donors (Lipinski definition) is 2. The molecule has 0 aromatic rings. The van der Waals surface area contributed by atoms with Gasteiger partial charge in [0.2, 0.25) is 5.91 Å². The second kappa shape index (κ2) is 31.7. The van der Waals surface area contributed by atoms with Gasteiger partial charge >= 0.3 is 0 Å². The number of allylic oxidation sites excluding steroid dienone is 5. The van der Waals surface area contributed by atoms with Crippen molar-refractivity contribution in [3.63, 3.8) is 0 Å². The van der Waals surface area contributed by atoms with Crippen LogP contribution < -0.4 is 10.2 Å². The Hall–Kier alpha value is -1.28. The standard InChI is InChI=1S/C39H75N2O6P/c1-6-8-10-12-14-16-18-19-20-21-22-23-25-27-29-31-33-39(43)40-37(36-47-48(44,45)46-35-34-41(3,4)5)38(42)32-30-28-26-24-17-15-13-11-9-7-2/h9,11,17,24,30,32,37-38,42H,6-8,10,12-16,18-23,25-29,31,33-36H2,1-5H3,(H-,40,43,44,45)/b11-9+,24-17+,32-30+. The molecule has 0 aromatic heterocycles. The Balaban J connectivity index is 4.48. The van der Waals surface area contributed by atoms with Crippen molar-refractivity contribution in [2.45, 2.75) is 167 Å². The van der Waals surface area contributed by atoms with Gasteiger partial charge in [0.25, 0.3) is 7.82 Å². The van der Waals surface area contributed by atoms with Crippen LogP contribution in [0.1, 0.15) is 155 Å². The van der Waals surface area contributed by atoms with Gasteiger partial charge in [0, 0.05) is 6.42 Å². The minimum Gasteiger partial charge on any atom is -0.756 e. The predicted molar refractivity (Wildman–Crippen MR) is 201 cm³/mol. The smallest absolute Gasteiger partial charge is 0.268 e. The SMILES string of the molecule is CC/C=C/CC/C=C/CC/C=C/C(O)C(COP(=O)([O-])OCC[N+](C)(C)C)NC(=O)CCCCCCCCCCCCCCCCCC. The predicted octanol–water partition coefficient (Wildman–Crippen LogP) is 9.33. The number of aliphatic hydroxyl groups excluding tert-OH is 1. The number of quaternary nitrogens is 1. The zero-order chi connectivity index (χ0) is 35.8. The van der Waals surface area contributed by atoms with Crippen LogP contribution in [-0.2, 0) is 18.4 Å². The van der Waals surface area contributed by atoms with Crippen LogP contribution in [0.3, 0.4) is 0 Å². The van der Waals surface area contributed by atoms with Crippen LogP contribution in [0.2, 0.25) is 0 Å². The van der Waals surface area contributed by atoms with E-state index in [4.69, 9.17) is 9.05 Å². The number of hydrogen-bond acceptors (Lipinski definition) is 6. The van der Waals surface area contributed by atoms with Crippen LogP contribution >= 0.6 is 7.82 Å². The first kappa shape index (κ1) is 46.7. The van der Waals surface area contributed by atoms with E-state index in [1.54, 1.807) is 6.08 Å². The Kier molecular flexibility index (Phi) is 30.8. The van der Waals surface area contributed by atoms with Crippen LogP contribution in [-0.4, -0.2) is 68.5 Å². The van der Waals surface area contributed by atoms with E-state index in [1.807, 2.05) is 27.2 Å². The topological polar surface area (TPSA) is 108 Å². The lowest BCUT2D eigenvalue weighted by Gasteiger charge is -2.29. The summed E-state index contributed by atoms with van der Waals surface area (Å²) < 4.78 is 23.0. The Bertz CT molecular complexity index is 886. The number of likely N-dealkylation sites (N-methyl/N-ethyl adjacent to an activating group) is 1. The minimum atomic E-state index is -4.59. The van der Waals surface area contributed by atoms with Crippen molar-refractivity contribution in [1.82, 2.24) is 5.32 Å². The fourth-order valence-electron chi connectivity index (χ4n) is 5.25. The summed E-state index contributed by atoms with van der Waals surface area (Å²) in [5.41, 5.74) is 0. The molecular weight excluding hydrogens is 623 g/mol. The fraction of sp³-hybridized carbons (Fsp3) is 0.821. The van der Waals surface area contributed by atoms with Crippen molar-refractivity contribution < 1.29 is 32.9 Å². The Labute approximate surface area is 296 Å². The van der Waals surface area contributed by atoms with Crippen LogP contribution in [0.4, 0.5) is 0 Å². The largest absolute Gasteiger partial charge is 0.756 e. The summed E-state index contributed by atoms with van der Waals surface area (Å²) in [7, 11) is 1.23. The average molecular weight is 699 g/mol. The molecule has 0 heterocycles. The van der Waals surface area contributed by atoms with Gasteiger partial charge in [-0.15, -0.1) is 0 Å². The van der Waals surface area contributed by atoms with Crippen molar-refractivity contribution in [3.8, 4) is 0 Å². The van der Waals surface area contributed by atoms with E-state index in [1.165, 1.54) is 83.5 Å².